The van der Waals surface area contributed by atoms with E-state index in [-0.39, 0.29) is 6.04 Å². The molecule has 0 aliphatic rings. The topological polar surface area (TPSA) is 68.5 Å². The van der Waals surface area contributed by atoms with Crippen molar-refractivity contribution in [3.8, 4) is 0 Å². The highest BCUT2D eigenvalue weighted by atomic mass is 79.9. The normalized spacial score (nSPS) is 12.9. The number of aryl methyl sites for hydroxylation is 2. The fourth-order valence-corrected chi connectivity index (χ4v) is 3.03. The molecule has 1 unspecified atom stereocenters. The lowest BCUT2D eigenvalue weighted by molar-refractivity contribution is 0.553. The van der Waals surface area contributed by atoms with Gasteiger partial charge in [0, 0.05) is 7.05 Å². The molecule has 18 heavy (non-hydrogen) atoms. The second-order valence-electron chi connectivity index (χ2n) is 4.00. The first kappa shape index (κ1) is 13.6. The molecule has 0 amide bonds. The van der Waals surface area contributed by atoms with E-state index in [0.29, 0.717) is 0 Å². The third-order valence-electron chi connectivity index (χ3n) is 2.65. The molecule has 1 N–H and O–H groups in total. The fraction of sp³-hybridized carbons (Fsp3) is 0.600. The lowest BCUT2D eigenvalue weighted by Gasteiger charge is -2.17. The fourth-order valence-electron chi connectivity index (χ4n) is 1.75. The average Bonchev–Trinajstić information content (AvgIpc) is 2.90. The van der Waals surface area contributed by atoms with Crippen molar-refractivity contribution < 1.29 is 0 Å². The molecule has 2 rings (SSSR count). The molecule has 0 aromatic carbocycles. The van der Waals surface area contributed by atoms with Crippen molar-refractivity contribution >= 4 is 27.5 Å². The van der Waals surface area contributed by atoms with Gasteiger partial charge in [-0.15, -0.1) is 10.2 Å². The molecule has 8 heteroatoms. The Kier molecular flexibility index (Phi) is 4.41. The van der Waals surface area contributed by atoms with Gasteiger partial charge in [0.25, 0.3) is 0 Å². The SMILES string of the molecule is CCCNC(c1snnc1C)c1c(Br)nnn1C. The number of nitrogens with zero attached hydrogens (tertiary/aromatic N) is 5. The highest BCUT2D eigenvalue weighted by Crippen LogP contribution is 2.30. The Hall–Kier alpha value is -0.860. The summed E-state index contributed by atoms with van der Waals surface area (Å²) in [4.78, 5) is 1.11. The van der Waals surface area contributed by atoms with Gasteiger partial charge in [0.05, 0.1) is 22.3 Å². The molecule has 1 atom stereocenters. The van der Waals surface area contributed by atoms with Gasteiger partial charge in [0.1, 0.15) is 0 Å². The van der Waals surface area contributed by atoms with E-state index in [1.54, 1.807) is 4.68 Å². The van der Waals surface area contributed by atoms with Crippen LogP contribution >= 0.6 is 27.5 Å². The van der Waals surface area contributed by atoms with E-state index in [0.717, 1.165) is 33.8 Å². The molecular weight excluding hydrogens is 316 g/mol. The van der Waals surface area contributed by atoms with Gasteiger partial charge in [0.15, 0.2) is 4.60 Å². The van der Waals surface area contributed by atoms with E-state index in [9.17, 15) is 0 Å². The third-order valence-corrected chi connectivity index (χ3v) is 4.10. The van der Waals surface area contributed by atoms with E-state index < -0.39 is 0 Å². The van der Waals surface area contributed by atoms with Crippen LogP contribution < -0.4 is 5.32 Å². The molecule has 2 aromatic rings. The van der Waals surface area contributed by atoms with Crippen molar-refractivity contribution in [1.82, 2.24) is 29.9 Å². The maximum absolute atomic E-state index is 4.08. The molecule has 2 heterocycles. The molecule has 6 nitrogen and oxygen atoms in total. The Bertz CT molecular complexity index is 503. The summed E-state index contributed by atoms with van der Waals surface area (Å²) >= 11 is 4.86. The zero-order chi connectivity index (χ0) is 13.1. The maximum atomic E-state index is 4.08. The first-order chi connectivity index (χ1) is 8.65. The highest BCUT2D eigenvalue weighted by Gasteiger charge is 2.25. The molecular formula is C10H15BrN6S. The summed E-state index contributed by atoms with van der Waals surface area (Å²) in [5, 5.41) is 15.6. The molecule has 0 fully saturated rings. The van der Waals surface area contributed by atoms with E-state index >= 15 is 0 Å². The van der Waals surface area contributed by atoms with Gasteiger partial charge in [-0.05, 0) is 47.4 Å². The van der Waals surface area contributed by atoms with E-state index in [1.807, 2.05) is 14.0 Å². The molecule has 0 radical (unpaired) electrons. The van der Waals surface area contributed by atoms with Crippen LogP contribution in [0.1, 0.15) is 35.7 Å². The Labute approximate surface area is 118 Å². The van der Waals surface area contributed by atoms with Crippen LogP contribution in [-0.2, 0) is 7.05 Å². The van der Waals surface area contributed by atoms with Crippen molar-refractivity contribution in [3.63, 3.8) is 0 Å². The van der Waals surface area contributed by atoms with Crippen LogP contribution in [0.3, 0.4) is 0 Å². The maximum Gasteiger partial charge on any atom is 0.153 e. The Morgan fingerprint density at radius 1 is 1.44 bits per heavy atom. The van der Waals surface area contributed by atoms with Gasteiger partial charge in [-0.2, -0.15) is 0 Å². The van der Waals surface area contributed by atoms with Gasteiger partial charge >= 0.3 is 0 Å². The minimum atomic E-state index is 0.0272. The van der Waals surface area contributed by atoms with E-state index in [1.165, 1.54) is 11.5 Å². The minimum absolute atomic E-state index is 0.0272. The summed E-state index contributed by atoms with van der Waals surface area (Å²) in [6.07, 6.45) is 1.06. The summed E-state index contributed by atoms with van der Waals surface area (Å²) in [6.45, 7) is 5.02. The van der Waals surface area contributed by atoms with E-state index in [4.69, 9.17) is 0 Å². The third kappa shape index (κ3) is 2.60. The molecule has 0 saturated heterocycles. The second kappa shape index (κ2) is 5.85. The van der Waals surface area contributed by atoms with Crippen LogP contribution in [0, 0.1) is 6.92 Å². The number of rotatable bonds is 5. The van der Waals surface area contributed by atoms with Gasteiger partial charge in [-0.3, -0.25) is 0 Å². The number of hydrogen-bond acceptors (Lipinski definition) is 6. The Balaban J connectivity index is 2.40. The van der Waals surface area contributed by atoms with Crippen LogP contribution in [0.4, 0.5) is 0 Å². The van der Waals surface area contributed by atoms with Crippen molar-refractivity contribution in [2.75, 3.05) is 6.54 Å². The van der Waals surface area contributed by atoms with Crippen molar-refractivity contribution in [1.29, 1.82) is 0 Å². The summed E-state index contributed by atoms with van der Waals surface area (Å²) in [7, 11) is 1.89. The molecule has 0 aliphatic heterocycles. The monoisotopic (exact) mass is 330 g/mol. The first-order valence-electron chi connectivity index (χ1n) is 5.72. The lowest BCUT2D eigenvalue weighted by Crippen LogP contribution is -2.25. The van der Waals surface area contributed by atoms with Gasteiger partial charge in [0.2, 0.25) is 0 Å². The van der Waals surface area contributed by atoms with E-state index in [2.05, 4.69) is 48.1 Å². The zero-order valence-electron chi connectivity index (χ0n) is 10.5. The van der Waals surface area contributed by atoms with Crippen LogP contribution in [0.2, 0.25) is 0 Å². The molecule has 0 aliphatic carbocycles. The standard InChI is InChI=1S/C10H15BrN6S/c1-4-5-12-7(9-6(2)13-16-18-9)8-10(11)14-15-17(8)3/h7,12H,4-5H2,1-3H3. The lowest BCUT2D eigenvalue weighted by atomic mass is 10.1. The van der Waals surface area contributed by atoms with Crippen LogP contribution in [0.25, 0.3) is 0 Å². The molecule has 98 valence electrons. The number of nitrogens with one attached hydrogen (secondary N) is 1. The quantitative estimate of drug-likeness (QED) is 0.905. The average molecular weight is 331 g/mol. The van der Waals surface area contributed by atoms with Crippen LogP contribution in [0.5, 0.6) is 0 Å². The molecule has 0 spiro atoms. The number of aromatic nitrogens is 5. The van der Waals surface area contributed by atoms with Gasteiger partial charge in [-0.25, -0.2) is 4.68 Å². The zero-order valence-corrected chi connectivity index (χ0v) is 12.9. The Morgan fingerprint density at radius 2 is 2.22 bits per heavy atom. The summed E-state index contributed by atoms with van der Waals surface area (Å²) in [5.41, 5.74) is 1.94. The van der Waals surface area contributed by atoms with Crippen molar-refractivity contribution in [2.24, 2.45) is 7.05 Å². The van der Waals surface area contributed by atoms with Crippen LogP contribution in [-0.4, -0.2) is 31.1 Å². The second-order valence-corrected chi connectivity index (χ2v) is 5.54. The minimum Gasteiger partial charge on any atom is -0.304 e. The highest BCUT2D eigenvalue weighted by molar-refractivity contribution is 9.10. The predicted molar refractivity (Wildman–Crippen MR) is 73.5 cm³/mol. The smallest absolute Gasteiger partial charge is 0.153 e. The number of hydrogen-bond donors (Lipinski definition) is 1. The molecule has 2 aromatic heterocycles. The summed E-state index contributed by atoms with van der Waals surface area (Å²) in [6, 6.07) is 0.0272. The van der Waals surface area contributed by atoms with Crippen molar-refractivity contribution in [3.05, 3.63) is 20.9 Å². The summed E-state index contributed by atoms with van der Waals surface area (Å²) in [5.74, 6) is 0. The van der Waals surface area contributed by atoms with Gasteiger partial charge in [-0.1, -0.05) is 16.6 Å². The first-order valence-corrected chi connectivity index (χ1v) is 7.29. The number of halogens is 1. The molecule has 0 saturated carbocycles. The predicted octanol–water partition coefficient (Wildman–Crippen LogP) is 1.83. The molecule has 0 bridgehead atoms. The Morgan fingerprint density at radius 3 is 2.72 bits per heavy atom. The van der Waals surface area contributed by atoms with Gasteiger partial charge < -0.3 is 5.32 Å². The largest absolute Gasteiger partial charge is 0.304 e. The summed E-state index contributed by atoms with van der Waals surface area (Å²) < 4.78 is 6.54. The van der Waals surface area contributed by atoms with Crippen LogP contribution in [0.15, 0.2) is 4.60 Å². The van der Waals surface area contributed by atoms with Crippen molar-refractivity contribution in [2.45, 2.75) is 26.3 Å².